The number of likely N-dealkylation sites (N-methyl/N-ethyl adjacent to an activating group) is 1. The largest absolute Gasteiger partial charge is 0.489 e. The van der Waals surface area contributed by atoms with E-state index in [0.717, 1.165) is 0 Å². The molecule has 1 aliphatic rings. The predicted octanol–water partition coefficient (Wildman–Crippen LogP) is 1.86. The second-order valence-electron chi connectivity index (χ2n) is 6.38. The van der Waals surface area contributed by atoms with Gasteiger partial charge in [0.2, 0.25) is 5.91 Å². The van der Waals surface area contributed by atoms with E-state index in [1.807, 2.05) is 0 Å². The number of hydrogen-bond acceptors (Lipinski definition) is 4. The standard InChI is InChI=1S/C17H20F4N2O4/c1-22(6-7-27-14-5-3-2-4-13(14)18)15(24)10-23-8-11(16(25)26)12(9-23)17(19,20)21/h2-5,11-12H,6-10H2,1H3,(H,25,26)/t11-,12-/m1/s1. The number of amides is 1. The van der Waals surface area contributed by atoms with Crippen molar-refractivity contribution in [1.82, 2.24) is 9.80 Å². The number of carbonyl (C=O) groups excluding carboxylic acids is 1. The van der Waals surface area contributed by atoms with Gasteiger partial charge in [0.05, 0.1) is 24.9 Å². The molecule has 1 aliphatic heterocycles. The SMILES string of the molecule is CN(CCOc1ccccc1F)C(=O)CN1C[C@@H](C(F)(F)F)[C@H](C(=O)O)C1. The van der Waals surface area contributed by atoms with E-state index in [0.29, 0.717) is 0 Å². The number of halogens is 4. The third-order valence-corrected chi connectivity index (χ3v) is 4.44. The zero-order chi connectivity index (χ0) is 20.2. The minimum absolute atomic E-state index is 0.00605. The average Bonchev–Trinajstić information content (AvgIpc) is 3.01. The topological polar surface area (TPSA) is 70.1 Å². The highest BCUT2D eigenvalue weighted by atomic mass is 19.4. The van der Waals surface area contributed by atoms with E-state index in [-0.39, 0.29) is 32.0 Å². The third kappa shape index (κ3) is 5.56. The molecule has 0 radical (unpaired) electrons. The molecule has 0 aromatic heterocycles. The number of para-hydroxylation sites is 1. The minimum Gasteiger partial charge on any atom is -0.489 e. The lowest BCUT2D eigenvalue weighted by Crippen LogP contribution is -2.39. The monoisotopic (exact) mass is 392 g/mol. The van der Waals surface area contributed by atoms with E-state index in [1.54, 1.807) is 6.07 Å². The number of nitrogens with zero attached hydrogens (tertiary/aromatic N) is 2. The summed E-state index contributed by atoms with van der Waals surface area (Å²) in [6.07, 6.45) is -4.64. The van der Waals surface area contributed by atoms with Gasteiger partial charge in [-0.15, -0.1) is 0 Å². The van der Waals surface area contributed by atoms with Crippen LogP contribution in [0.4, 0.5) is 17.6 Å². The first-order chi connectivity index (χ1) is 12.6. The van der Waals surface area contributed by atoms with Crippen molar-refractivity contribution in [1.29, 1.82) is 0 Å². The molecule has 2 rings (SSSR count). The summed E-state index contributed by atoms with van der Waals surface area (Å²) in [4.78, 5) is 25.7. The Kier molecular flexibility index (Phi) is 6.63. The summed E-state index contributed by atoms with van der Waals surface area (Å²) in [5, 5.41) is 8.99. The van der Waals surface area contributed by atoms with Gasteiger partial charge in [0, 0.05) is 20.1 Å². The Morgan fingerprint density at radius 3 is 2.52 bits per heavy atom. The molecule has 6 nitrogen and oxygen atoms in total. The Morgan fingerprint density at radius 2 is 1.96 bits per heavy atom. The number of carboxylic acid groups (broad SMARTS) is 1. The molecule has 1 saturated heterocycles. The second-order valence-corrected chi connectivity index (χ2v) is 6.38. The van der Waals surface area contributed by atoms with Crippen LogP contribution in [0.5, 0.6) is 5.75 Å². The van der Waals surface area contributed by atoms with Crippen molar-refractivity contribution < 1.29 is 37.0 Å². The van der Waals surface area contributed by atoms with Gasteiger partial charge in [0.25, 0.3) is 0 Å². The van der Waals surface area contributed by atoms with Gasteiger partial charge in [-0.2, -0.15) is 13.2 Å². The molecule has 150 valence electrons. The van der Waals surface area contributed by atoms with Crippen molar-refractivity contribution in [3.8, 4) is 5.75 Å². The smallest absolute Gasteiger partial charge is 0.393 e. The third-order valence-electron chi connectivity index (χ3n) is 4.44. The lowest BCUT2D eigenvalue weighted by atomic mass is 9.96. The maximum atomic E-state index is 13.4. The molecule has 1 aromatic rings. The molecule has 0 bridgehead atoms. The maximum absolute atomic E-state index is 13.4. The lowest BCUT2D eigenvalue weighted by Gasteiger charge is -2.22. The van der Waals surface area contributed by atoms with Gasteiger partial charge in [-0.25, -0.2) is 4.39 Å². The van der Waals surface area contributed by atoms with Crippen LogP contribution in [0.15, 0.2) is 24.3 Å². The molecule has 1 N–H and O–H groups in total. The van der Waals surface area contributed by atoms with Crippen LogP contribution in [0.2, 0.25) is 0 Å². The molecule has 1 fully saturated rings. The fraction of sp³-hybridized carbons (Fsp3) is 0.529. The van der Waals surface area contributed by atoms with Crippen molar-refractivity contribution >= 4 is 11.9 Å². The molecule has 0 unspecified atom stereocenters. The Balaban J connectivity index is 1.83. The van der Waals surface area contributed by atoms with E-state index in [1.165, 1.54) is 35.0 Å². The van der Waals surface area contributed by atoms with Crippen LogP contribution < -0.4 is 4.74 Å². The normalized spacial score (nSPS) is 20.5. The van der Waals surface area contributed by atoms with Crippen molar-refractivity contribution in [2.24, 2.45) is 11.8 Å². The van der Waals surface area contributed by atoms with Crippen molar-refractivity contribution in [3.05, 3.63) is 30.1 Å². The number of hydrogen-bond donors (Lipinski definition) is 1. The van der Waals surface area contributed by atoms with Crippen molar-refractivity contribution in [2.45, 2.75) is 6.18 Å². The molecule has 2 atom stereocenters. The van der Waals surface area contributed by atoms with Crippen LogP contribution in [0.1, 0.15) is 0 Å². The van der Waals surface area contributed by atoms with Crippen LogP contribution in [-0.4, -0.2) is 72.8 Å². The molecule has 0 saturated carbocycles. The van der Waals surface area contributed by atoms with Gasteiger partial charge in [-0.05, 0) is 12.1 Å². The molecule has 27 heavy (non-hydrogen) atoms. The molecular formula is C17H20F4N2O4. The first-order valence-corrected chi connectivity index (χ1v) is 8.22. The first kappa shape index (κ1) is 20.9. The van der Waals surface area contributed by atoms with Crippen LogP contribution in [-0.2, 0) is 9.59 Å². The molecule has 1 heterocycles. The van der Waals surface area contributed by atoms with Gasteiger partial charge < -0.3 is 14.7 Å². The number of benzene rings is 1. The van der Waals surface area contributed by atoms with Gasteiger partial charge in [-0.1, -0.05) is 12.1 Å². The lowest BCUT2D eigenvalue weighted by molar-refractivity contribution is -0.188. The van der Waals surface area contributed by atoms with Crippen molar-refractivity contribution in [2.75, 3.05) is 39.8 Å². The Hall–Kier alpha value is -2.36. The van der Waals surface area contributed by atoms with Gasteiger partial charge in [0.1, 0.15) is 6.61 Å². The number of alkyl halides is 3. The van der Waals surface area contributed by atoms with E-state index in [9.17, 15) is 27.2 Å². The summed E-state index contributed by atoms with van der Waals surface area (Å²) in [5.41, 5.74) is 0. The predicted molar refractivity (Wildman–Crippen MR) is 86.6 cm³/mol. The van der Waals surface area contributed by atoms with Gasteiger partial charge >= 0.3 is 12.1 Å². The fourth-order valence-corrected chi connectivity index (χ4v) is 2.89. The Labute approximate surface area is 153 Å². The van der Waals surface area contributed by atoms with E-state index < -0.39 is 42.3 Å². The first-order valence-electron chi connectivity index (χ1n) is 8.22. The van der Waals surface area contributed by atoms with E-state index in [2.05, 4.69) is 0 Å². The molecule has 10 heteroatoms. The fourth-order valence-electron chi connectivity index (χ4n) is 2.89. The van der Waals surface area contributed by atoms with Crippen LogP contribution in [0, 0.1) is 17.7 Å². The Bertz CT molecular complexity index is 683. The van der Waals surface area contributed by atoms with Crippen LogP contribution in [0.25, 0.3) is 0 Å². The van der Waals surface area contributed by atoms with E-state index in [4.69, 9.17) is 9.84 Å². The van der Waals surface area contributed by atoms with Crippen molar-refractivity contribution in [3.63, 3.8) is 0 Å². The maximum Gasteiger partial charge on any atom is 0.393 e. The van der Waals surface area contributed by atoms with Crippen LogP contribution >= 0.6 is 0 Å². The van der Waals surface area contributed by atoms with Crippen LogP contribution in [0.3, 0.4) is 0 Å². The molecule has 1 aromatic carbocycles. The summed E-state index contributed by atoms with van der Waals surface area (Å²) >= 11 is 0. The van der Waals surface area contributed by atoms with Gasteiger partial charge in [-0.3, -0.25) is 14.5 Å². The highest BCUT2D eigenvalue weighted by Gasteiger charge is 2.52. The number of ether oxygens (including phenoxy) is 1. The number of aliphatic carboxylic acids is 1. The summed E-state index contributed by atoms with van der Waals surface area (Å²) < 4.78 is 57.6. The van der Waals surface area contributed by atoms with Gasteiger partial charge in [0.15, 0.2) is 11.6 Å². The zero-order valence-corrected chi connectivity index (χ0v) is 14.6. The summed E-state index contributed by atoms with van der Waals surface area (Å²) in [7, 11) is 1.44. The zero-order valence-electron chi connectivity index (χ0n) is 14.6. The summed E-state index contributed by atoms with van der Waals surface area (Å²) in [6, 6.07) is 5.77. The summed E-state index contributed by atoms with van der Waals surface area (Å²) in [6.45, 7) is -1.10. The number of rotatable bonds is 7. The number of carbonyl (C=O) groups is 2. The molecular weight excluding hydrogens is 372 g/mol. The highest BCUT2D eigenvalue weighted by molar-refractivity contribution is 5.78. The Morgan fingerprint density at radius 1 is 1.30 bits per heavy atom. The average molecular weight is 392 g/mol. The molecule has 1 amide bonds. The number of likely N-dealkylation sites (tertiary alicyclic amines) is 1. The highest BCUT2D eigenvalue weighted by Crippen LogP contribution is 2.37. The molecule has 0 aliphatic carbocycles. The minimum atomic E-state index is -4.64. The summed E-state index contributed by atoms with van der Waals surface area (Å²) in [5.74, 6) is -6.10. The second kappa shape index (κ2) is 8.55. The molecule has 0 spiro atoms. The number of carboxylic acids is 1. The quantitative estimate of drug-likeness (QED) is 0.718. The van der Waals surface area contributed by atoms with E-state index >= 15 is 0 Å².